The molecule has 3 heterocycles. The summed E-state index contributed by atoms with van der Waals surface area (Å²) in [5.74, 6) is -0.492. The molecule has 0 aliphatic carbocycles. The molecule has 1 N–H and O–H groups in total. The van der Waals surface area contributed by atoms with E-state index in [-0.39, 0.29) is 12.2 Å². The molecule has 0 radical (unpaired) electrons. The van der Waals surface area contributed by atoms with Crippen molar-refractivity contribution in [3.8, 4) is 0 Å². The number of ether oxygens (including phenoxy) is 1. The first-order valence-corrected chi connectivity index (χ1v) is 8.32. The van der Waals surface area contributed by atoms with Gasteiger partial charge in [0.2, 0.25) is 0 Å². The van der Waals surface area contributed by atoms with Gasteiger partial charge < -0.3 is 9.72 Å². The number of halogens is 1. The van der Waals surface area contributed by atoms with Gasteiger partial charge in [0.1, 0.15) is 17.9 Å². The van der Waals surface area contributed by atoms with Crippen LogP contribution in [0.15, 0.2) is 64.0 Å². The van der Waals surface area contributed by atoms with Crippen LogP contribution in [0.25, 0.3) is 16.6 Å². The van der Waals surface area contributed by atoms with Crippen molar-refractivity contribution in [2.75, 3.05) is 0 Å². The van der Waals surface area contributed by atoms with Gasteiger partial charge in [-0.15, -0.1) is 0 Å². The Morgan fingerprint density at radius 3 is 2.88 bits per heavy atom. The number of benzene rings is 1. The van der Waals surface area contributed by atoms with Crippen LogP contribution in [-0.4, -0.2) is 20.3 Å². The molecule has 0 saturated carbocycles. The van der Waals surface area contributed by atoms with Crippen molar-refractivity contribution in [3.63, 3.8) is 0 Å². The van der Waals surface area contributed by atoms with Gasteiger partial charge >= 0.3 is 5.97 Å². The SMILES string of the molecule is O=C(OCc1cc(=O)n2cc(Br)ccc2n1)c1cc2ccccc2[nH]1. The summed E-state index contributed by atoms with van der Waals surface area (Å²) in [6.07, 6.45) is 1.64. The van der Waals surface area contributed by atoms with Gasteiger partial charge in [-0.1, -0.05) is 18.2 Å². The number of H-pyrrole nitrogens is 1. The van der Waals surface area contributed by atoms with Crippen molar-refractivity contribution in [3.05, 3.63) is 80.9 Å². The minimum absolute atomic E-state index is 0.0734. The summed E-state index contributed by atoms with van der Waals surface area (Å²) in [5.41, 5.74) is 1.89. The molecule has 0 unspecified atom stereocenters. The molecular formula is C18H12BrN3O3. The molecule has 0 aliphatic heterocycles. The molecule has 0 fully saturated rings. The maximum atomic E-state index is 12.2. The first kappa shape index (κ1) is 15.6. The zero-order valence-electron chi connectivity index (χ0n) is 12.9. The zero-order valence-corrected chi connectivity index (χ0v) is 14.5. The van der Waals surface area contributed by atoms with Crippen molar-refractivity contribution in [1.29, 1.82) is 0 Å². The summed E-state index contributed by atoms with van der Waals surface area (Å²) in [6.45, 7) is -0.0734. The molecule has 0 bridgehead atoms. The van der Waals surface area contributed by atoms with E-state index in [2.05, 4.69) is 25.9 Å². The van der Waals surface area contributed by atoms with Crippen LogP contribution >= 0.6 is 15.9 Å². The van der Waals surface area contributed by atoms with Gasteiger partial charge in [-0.25, -0.2) is 9.78 Å². The molecular weight excluding hydrogens is 386 g/mol. The van der Waals surface area contributed by atoms with Crippen molar-refractivity contribution >= 4 is 38.4 Å². The van der Waals surface area contributed by atoms with Gasteiger partial charge in [0.25, 0.3) is 5.56 Å². The predicted octanol–water partition coefficient (Wildman–Crippen LogP) is 3.30. The quantitative estimate of drug-likeness (QED) is 0.538. The lowest BCUT2D eigenvalue weighted by atomic mass is 10.2. The van der Waals surface area contributed by atoms with E-state index in [4.69, 9.17) is 4.74 Å². The van der Waals surface area contributed by atoms with E-state index >= 15 is 0 Å². The van der Waals surface area contributed by atoms with Gasteiger partial charge in [0.15, 0.2) is 0 Å². The Hall–Kier alpha value is -2.93. The lowest BCUT2D eigenvalue weighted by molar-refractivity contribution is 0.0462. The topological polar surface area (TPSA) is 76.5 Å². The summed E-state index contributed by atoms with van der Waals surface area (Å²) in [7, 11) is 0. The van der Waals surface area contributed by atoms with E-state index in [1.807, 2.05) is 24.3 Å². The average molecular weight is 398 g/mol. The number of nitrogens with zero attached hydrogens (tertiary/aromatic N) is 2. The number of hydrogen-bond acceptors (Lipinski definition) is 4. The molecule has 0 aliphatic rings. The molecule has 1 aromatic carbocycles. The van der Waals surface area contributed by atoms with Crippen molar-refractivity contribution in [2.24, 2.45) is 0 Å². The van der Waals surface area contributed by atoms with E-state index in [9.17, 15) is 9.59 Å². The second-order valence-electron chi connectivity index (χ2n) is 5.51. The summed E-state index contributed by atoms with van der Waals surface area (Å²) >= 11 is 3.31. The fraction of sp³-hybridized carbons (Fsp3) is 0.0556. The number of carbonyl (C=O) groups is 1. The number of aromatic nitrogens is 3. The number of nitrogens with one attached hydrogen (secondary N) is 1. The predicted molar refractivity (Wildman–Crippen MR) is 96.6 cm³/mol. The number of para-hydroxylation sites is 1. The van der Waals surface area contributed by atoms with E-state index < -0.39 is 5.97 Å². The van der Waals surface area contributed by atoms with Gasteiger partial charge in [0.05, 0.1) is 5.69 Å². The number of esters is 1. The maximum Gasteiger partial charge on any atom is 0.355 e. The number of fused-ring (bicyclic) bond motifs is 2. The highest BCUT2D eigenvalue weighted by Crippen LogP contribution is 2.16. The minimum Gasteiger partial charge on any atom is -0.455 e. The first-order chi connectivity index (χ1) is 12.1. The minimum atomic E-state index is -0.492. The number of pyridine rings is 1. The smallest absolute Gasteiger partial charge is 0.355 e. The van der Waals surface area contributed by atoms with Crippen LogP contribution in [-0.2, 0) is 11.3 Å². The monoisotopic (exact) mass is 397 g/mol. The molecule has 6 nitrogen and oxygen atoms in total. The third-order valence-corrected chi connectivity index (χ3v) is 4.25. The second kappa shape index (κ2) is 6.18. The maximum absolute atomic E-state index is 12.2. The fourth-order valence-electron chi connectivity index (χ4n) is 2.60. The molecule has 0 atom stereocenters. The molecule has 0 amide bonds. The van der Waals surface area contributed by atoms with Crippen molar-refractivity contribution < 1.29 is 9.53 Å². The Bertz CT molecular complexity index is 1130. The van der Waals surface area contributed by atoms with Crippen LogP contribution in [0.3, 0.4) is 0 Å². The number of hydrogen-bond donors (Lipinski definition) is 1. The van der Waals surface area contributed by atoms with Gasteiger partial charge in [-0.05, 0) is 40.2 Å². The molecule has 124 valence electrons. The van der Waals surface area contributed by atoms with Crippen LogP contribution in [0, 0.1) is 0 Å². The van der Waals surface area contributed by atoms with Crippen LogP contribution in [0.2, 0.25) is 0 Å². The second-order valence-corrected chi connectivity index (χ2v) is 6.42. The summed E-state index contributed by atoms with van der Waals surface area (Å²) in [4.78, 5) is 31.7. The first-order valence-electron chi connectivity index (χ1n) is 7.53. The Balaban J connectivity index is 1.56. The summed E-state index contributed by atoms with van der Waals surface area (Å²) in [6, 6.07) is 14.2. The lowest BCUT2D eigenvalue weighted by Gasteiger charge is -2.05. The van der Waals surface area contributed by atoms with Gasteiger partial charge in [-0.2, -0.15) is 0 Å². The third-order valence-electron chi connectivity index (χ3n) is 3.78. The van der Waals surface area contributed by atoms with E-state index in [1.54, 1.807) is 24.4 Å². The average Bonchev–Trinajstić information content (AvgIpc) is 3.04. The van der Waals surface area contributed by atoms with E-state index in [0.29, 0.717) is 17.0 Å². The zero-order chi connectivity index (χ0) is 17.4. The highest BCUT2D eigenvalue weighted by molar-refractivity contribution is 9.10. The highest BCUT2D eigenvalue weighted by atomic mass is 79.9. The van der Waals surface area contributed by atoms with Crippen LogP contribution in [0.5, 0.6) is 0 Å². The molecule has 25 heavy (non-hydrogen) atoms. The molecule has 3 aromatic heterocycles. The number of rotatable bonds is 3. The Kier molecular flexibility index (Phi) is 3.85. The molecule has 0 spiro atoms. The Morgan fingerprint density at radius 1 is 1.20 bits per heavy atom. The van der Waals surface area contributed by atoms with E-state index in [0.717, 1.165) is 15.4 Å². The molecule has 4 rings (SSSR count). The number of carbonyl (C=O) groups excluding carboxylic acids is 1. The van der Waals surface area contributed by atoms with E-state index in [1.165, 1.54) is 10.5 Å². The van der Waals surface area contributed by atoms with Crippen LogP contribution in [0.1, 0.15) is 16.2 Å². The third kappa shape index (κ3) is 3.06. The molecule has 4 aromatic rings. The van der Waals surface area contributed by atoms with Crippen LogP contribution in [0.4, 0.5) is 0 Å². The van der Waals surface area contributed by atoms with Crippen molar-refractivity contribution in [2.45, 2.75) is 6.61 Å². The fourth-order valence-corrected chi connectivity index (χ4v) is 2.94. The lowest BCUT2D eigenvalue weighted by Crippen LogP contribution is -2.16. The number of aromatic amines is 1. The highest BCUT2D eigenvalue weighted by Gasteiger charge is 2.12. The van der Waals surface area contributed by atoms with Gasteiger partial charge in [0, 0.05) is 27.6 Å². The standard InChI is InChI=1S/C18H12BrN3O3/c19-12-5-6-16-20-13(8-17(23)22(16)9-12)10-25-18(24)15-7-11-3-1-2-4-14(11)21-15/h1-9,21H,10H2. The normalized spacial score (nSPS) is 11.1. The molecule has 0 saturated heterocycles. The molecule has 7 heteroatoms. The largest absolute Gasteiger partial charge is 0.455 e. The Morgan fingerprint density at radius 2 is 2.04 bits per heavy atom. The summed E-state index contributed by atoms with van der Waals surface area (Å²) in [5, 5.41) is 0.933. The summed E-state index contributed by atoms with van der Waals surface area (Å²) < 4.78 is 7.48. The van der Waals surface area contributed by atoms with Crippen LogP contribution < -0.4 is 5.56 Å². The van der Waals surface area contributed by atoms with Crippen molar-refractivity contribution in [1.82, 2.24) is 14.4 Å². The Labute approximate surface area is 150 Å². The van der Waals surface area contributed by atoms with Gasteiger partial charge in [-0.3, -0.25) is 9.20 Å².